The predicted octanol–water partition coefficient (Wildman–Crippen LogP) is 3.68. The molecule has 0 fully saturated rings. The van der Waals surface area contributed by atoms with E-state index < -0.39 is 29.6 Å². The first-order valence-corrected chi connectivity index (χ1v) is 9.25. The van der Waals surface area contributed by atoms with Crippen LogP contribution in [0.4, 0.5) is 9.39 Å². The van der Waals surface area contributed by atoms with Crippen molar-refractivity contribution in [1.82, 2.24) is 5.32 Å². The maximum Gasteiger partial charge on any atom is 0.326 e. The topological polar surface area (TPSA) is 95.5 Å². The number of anilines is 1. The first-order chi connectivity index (χ1) is 12.7. The van der Waals surface area contributed by atoms with E-state index in [1.807, 2.05) is 6.92 Å². The maximum atomic E-state index is 13.2. The molecule has 0 aliphatic heterocycles. The number of rotatable bonds is 7. The van der Waals surface area contributed by atoms with Gasteiger partial charge in [-0.25, -0.2) is 9.18 Å². The number of benzene rings is 1. The third-order valence-electron chi connectivity index (χ3n) is 4.21. The first-order valence-electron chi connectivity index (χ1n) is 8.44. The monoisotopic (exact) mass is 392 g/mol. The van der Waals surface area contributed by atoms with Crippen LogP contribution in [0.25, 0.3) is 0 Å². The molecule has 144 valence electrons. The van der Waals surface area contributed by atoms with Crippen molar-refractivity contribution in [1.29, 1.82) is 0 Å². The smallest absolute Gasteiger partial charge is 0.326 e. The lowest BCUT2D eigenvalue weighted by molar-refractivity contribution is -0.140. The summed E-state index contributed by atoms with van der Waals surface area (Å²) in [6.45, 7) is 5.30. The molecule has 27 heavy (non-hydrogen) atoms. The molecular formula is C19H21FN2O4S. The molecule has 0 radical (unpaired) electrons. The third-order valence-corrected chi connectivity index (χ3v) is 5.36. The molecule has 0 bridgehead atoms. The van der Waals surface area contributed by atoms with Gasteiger partial charge < -0.3 is 15.7 Å². The van der Waals surface area contributed by atoms with Gasteiger partial charge in [-0.3, -0.25) is 9.59 Å². The van der Waals surface area contributed by atoms with E-state index >= 15 is 0 Å². The van der Waals surface area contributed by atoms with E-state index in [0.29, 0.717) is 21.9 Å². The van der Waals surface area contributed by atoms with Gasteiger partial charge in [0, 0.05) is 5.56 Å². The molecular weight excluding hydrogens is 371 g/mol. The van der Waals surface area contributed by atoms with Crippen LogP contribution in [0.15, 0.2) is 30.3 Å². The largest absolute Gasteiger partial charge is 0.480 e. The number of nitrogens with one attached hydrogen (secondary N) is 2. The van der Waals surface area contributed by atoms with Gasteiger partial charge in [0.25, 0.3) is 11.8 Å². The van der Waals surface area contributed by atoms with Gasteiger partial charge >= 0.3 is 5.97 Å². The molecule has 1 aromatic carbocycles. The minimum Gasteiger partial charge on any atom is -0.480 e. The highest BCUT2D eigenvalue weighted by atomic mass is 32.1. The Morgan fingerprint density at radius 3 is 2.52 bits per heavy atom. The fourth-order valence-corrected chi connectivity index (χ4v) is 3.44. The summed E-state index contributed by atoms with van der Waals surface area (Å²) in [7, 11) is 0. The number of carboxylic acids is 1. The maximum absolute atomic E-state index is 13.2. The second-order valence-electron chi connectivity index (χ2n) is 6.26. The molecule has 0 saturated carbocycles. The molecule has 0 spiro atoms. The predicted molar refractivity (Wildman–Crippen MR) is 102 cm³/mol. The van der Waals surface area contributed by atoms with Gasteiger partial charge in [0.2, 0.25) is 0 Å². The number of hydrogen-bond acceptors (Lipinski definition) is 4. The van der Waals surface area contributed by atoms with Gasteiger partial charge in [0.1, 0.15) is 11.9 Å². The summed E-state index contributed by atoms with van der Waals surface area (Å²) in [5, 5.41) is 14.9. The van der Waals surface area contributed by atoms with E-state index in [1.54, 1.807) is 19.9 Å². The zero-order valence-electron chi connectivity index (χ0n) is 15.2. The lowest BCUT2D eigenvalue weighted by atomic mass is 9.99. The first kappa shape index (κ1) is 20.6. The van der Waals surface area contributed by atoms with Crippen molar-refractivity contribution in [3.8, 4) is 0 Å². The fraction of sp³-hybridized carbons (Fsp3) is 0.316. The van der Waals surface area contributed by atoms with Crippen LogP contribution in [0.3, 0.4) is 0 Å². The van der Waals surface area contributed by atoms with E-state index in [9.17, 15) is 23.9 Å². The Morgan fingerprint density at radius 1 is 1.22 bits per heavy atom. The van der Waals surface area contributed by atoms with Crippen LogP contribution in [0, 0.1) is 18.7 Å². The summed E-state index contributed by atoms with van der Waals surface area (Å²) in [5.41, 5.74) is 0.773. The molecule has 8 heteroatoms. The van der Waals surface area contributed by atoms with Crippen molar-refractivity contribution in [2.75, 3.05) is 5.32 Å². The molecule has 1 heterocycles. The molecule has 0 saturated heterocycles. The van der Waals surface area contributed by atoms with Gasteiger partial charge in [-0.2, -0.15) is 0 Å². The zero-order chi connectivity index (χ0) is 20.1. The number of aryl methyl sites for hydroxylation is 1. The van der Waals surface area contributed by atoms with E-state index in [4.69, 9.17) is 0 Å². The van der Waals surface area contributed by atoms with Gasteiger partial charge in [0.15, 0.2) is 0 Å². The number of carbonyl (C=O) groups is 3. The van der Waals surface area contributed by atoms with Crippen LogP contribution < -0.4 is 10.6 Å². The van der Waals surface area contributed by atoms with Crippen molar-refractivity contribution < 1.29 is 23.9 Å². The van der Waals surface area contributed by atoms with Crippen molar-refractivity contribution in [3.05, 3.63) is 52.2 Å². The van der Waals surface area contributed by atoms with Crippen molar-refractivity contribution >= 4 is 34.1 Å². The van der Waals surface area contributed by atoms with E-state index in [-0.39, 0.29) is 11.5 Å². The van der Waals surface area contributed by atoms with E-state index in [1.165, 1.54) is 18.2 Å². The molecule has 0 aliphatic carbocycles. The Morgan fingerprint density at radius 2 is 1.93 bits per heavy atom. The average Bonchev–Trinajstić information content (AvgIpc) is 2.98. The molecule has 2 rings (SSSR count). The molecule has 0 aliphatic rings. The molecule has 1 aromatic heterocycles. The van der Waals surface area contributed by atoms with Crippen LogP contribution in [-0.4, -0.2) is 28.9 Å². The number of hydrogen-bond donors (Lipinski definition) is 3. The number of amides is 2. The van der Waals surface area contributed by atoms with Crippen LogP contribution in [0.1, 0.15) is 45.9 Å². The van der Waals surface area contributed by atoms with Crippen molar-refractivity contribution in [3.63, 3.8) is 0 Å². The Balaban J connectivity index is 2.14. The van der Waals surface area contributed by atoms with E-state index in [2.05, 4.69) is 10.6 Å². The van der Waals surface area contributed by atoms with Crippen molar-refractivity contribution in [2.45, 2.75) is 33.2 Å². The SMILES string of the molecule is CC[C@H](C)[C@H](NC(=O)c1sc(NC(=O)c2cccc(F)c2)cc1C)C(=O)O. The lowest BCUT2D eigenvalue weighted by Crippen LogP contribution is -2.44. The highest BCUT2D eigenvalue weighted by Crippen LogP contribution is 2.27. The van der Waals surface area contributed by atoms with Crippen LogP contribution in [0.2, 0.25) is 0 Å². The minimum atomic E-state index is -1.09. The summed E-state index contributed by atoms with van der Waals surface area (Å²) in [6.07, 6.45) is 0.607. The summed E-state index contributed by atoms with van der Waals surface area (Å²) in [4.78, 5) is 36.4. The molecule has 3 N–H and O–H groups in total. The summed E-state index contributed by atoms with van der Waals surface area (Å²) in [5.74, 6) is -2.83. The number of thiophene rings is 1. The minimum absolute atomic E-state index is 0.162. The van der Waals surface area contributed by atoms with Crippen LogP contribution >= 0.6 is 11.3 Å². The normalized spacial score (nSPS) is 12.9. The Bertz CT molecular complexity index is 865. The van der Waals surface area contributed by atoms with Gasteiger partial charge in [-0.15, -0.1) is 11.3 Å². The second-order valence-corrected chi connectivity index (χ2v) is 7.31. The fourth-order valence-electron chi connectivity index (χ4n) is 2.47. The Kier molecular flexibility index (Phi) is 6.68. The summed E-state index contributed by atoms with van der Waals surface area (Å²) >= 11 is 1.04. The molecule has 2 aromatic rings. The van der Waals surface area contributed by atoms with E-state index in [0.717, 1.165) is 17.4 Å². The summed E-state index contributed by atoms with van der Waals surface area (Å²) in [6, 6.07) is 5.90. The van der Waals surface area contributed by atoms with Gasteiger partial charge in [-0.1, -0.05) is 26.3 Å². The number of carboxylic acid groups (broad SMARTS) is 1. The van der Waals surface area contributed by atoms with Gasteiger partial charge in [0.05, 0.1) is 9.88 Å². The quantitative estimate of drug-likeness (QED) is 0.670. The van der Waals surface area contributed by atoms with Crippen molar-refractivity contribution in [2.24, 2.45) is 5.92 Å². The Labute approximate surface area is 160 Å². The molecule has 0 unspecified atom stereocenters. The molecule has 2 atom stereocenters. The Hall–Kier alpha value is -2.74. The standard InChI is InChI=1S/C19H21FN2O4S/c1-4-10(2)15(19(25)26)22-18(24)16-11(3)8-14(27-16)21-17(23)12-6-5-7-13(20)9-12/h5-10,15H,4H2,1-3H3,(H,21,23)(H,22,24)(H,25,26)/t10-,15-/m0/s1. The molecule has 2 amide bonds. The van der Waals surface area contributed by atoms with Gasteiger partial charge in [-0.05, 0) is 42.7 Å². The highest BCUT2D eigenvalue weighted by molar-refractivity contribution is 7.18. The lowest BCUT2D eigenvalue weighted by Gasteiger charge is -2.19. The van der Waals surface area contributed by atoms with Crippen LogP contribution in [0.5, 0.6) is 0 Å². The average molecular weight is 392 g/mol. The third kappa shape index (κ3) is 5.13. The zero-order valence-corrected chi connectivity index (χ0v) is 16.0. The number of halogens is 1. The number of carbonyl (C=O) groups excluding carboxylic acids is 2. The second kappa shape index (κ2) is 8.77. The number of aliphatic carboxylic acids is 1. The highest BCUT2D eigenvalue weighted by Gasteiger charge is 2.27. The molecule has 6 nitrogen and oxygen atoms in total. The summed E-state index contributed by atoms with van der Waals surface area (Å²) < 4.78 is 13.2. The van der Waals surface area contributed by atoms with Crippen LogP contribution in [-0.2, 0) is 4.79 Å².